The Hall–Kier alpha value is -1.30. The van der Waals surface area contributed by atoms with E-state index in [0.717, 1.165) is 4.90 Å². The number of amides is 2. The summed E-state index contributed by atoms with van der Waals surface area (Å²) in [5, 5.41) is 10.3. The molecule has 0 spiro atoms. The summed E-state index contributed by atoms with van der Waals surface area (Å²) in [4.78, 5) is 23.4. The van der Waals surface area contributed by atoms with E-state index in [4.69, 9.17) is 10.5 Å². The van der Waals surface area contributed by atoms with Gasteiger partial charge in [0.1, 0.15) is 0 Å². The molecule has 0 unspecified atom stereocenters. The standard InChI is InChI=1S/C10H18N2O4/c1-4-9(2)10(3,15)12(8(14)16-9)6-5-7(11)13/h15H,4-6H2,1-3H3,(H2,11,13)/t9-,10+/m0/s1. The molecule has 1 fully saturated rings. The Morgan fingerprint density at radius 3 is 2.50 bits per heavy atom. The third-order valence-corrected chi connectivity index (χ3v) is 3.32. The molecule has 16 heavy (non-hydrogen) atoms. The second-order valence-electron chi connectivity index (χ2n) is 4.34. The van der Waals surface area contributed by atoms with Gasteiger partial charge in [0, 0.05) is 13.0 Å². The molecule has 1 aliphatic rings. The number of rotatable bonds is 4. The van der Waals surface area contributed by atoms with Crippen LogP contribution in [0.15, 0.2) is 0 Å². The number of carbonyl (C=O) groups excluding carboxylic acids is 2. The van der Waals surface area contributed by atoms with E-state index in [1.165, 1.54) is 6.92 Å². The van der Waals surface area contributed by atoms with Gasteiger partial charge in [-0.15, -0.1) is 0 Å². The fourth-order valence-corrected chi connectivity index (χ4v) is 1.75. The molecule has 0 aliphatic carbocycles. The van der Waals surface area contributed by atoms with E-state index in [9.17, 15) is 14.7 Å². The van der Waals surface area contributed by atoms with Gasteiger partial charge in [-0.3, -0.25) is 9.69 Å². The summed E-state index contributed by atoms with van der Waals surface area (Å²) < 4.78 is 5.14. The van der Waals surface area contributed by atoms with Crippen molar-refractivity contribution in [1.82, 2.24) is 4.90 Å². The van der Waals surface area contributed by atoms with Crippen LogP contribution < -0.4 is 5.73 Å². The predicted molar refractivity (Wildman–Crippen MR) is 56.3 cm³/mol. The predicted octanol–water partition coefficient (Wildman–Crippen LogP) is 0.191. The smallest absolute Gasteiger partial charge is 0.412 e. The quantitative estimate of drug-likeness (QED) is 0.721. The average molecular weight is 230 g/mol. The number of nitrogens with zero attached hydrogens (tertiary/aromatic N) is 1. The topological polar surface area (TPSA) is 92.9 Å². The highest BCUT2D eigenvalue weighted by Crippen LogP contribution is 2.39. The Morgan fingerprint density at radius 2 is 2.12 bits per heavy atom. The number of carbonyl (C=O) groups is 2. The molecule has 1 saturated heterocycles. The molecule has 0 aromatic heterocycles. The summed E-state index contributed by atoms with van der Waals surface area (Å²) in [5.41, 5.74) is 2.63. The molecular weight excluding hydrogens is 212 g/mol. The lowest BCUT2D eigenvalue weighted by Crippen LogP contribution is -2.55. The van der Waals surface area contributed by atoms with Crippen molar-refractivity contribution in [3.8, 4) is 0 Å². The second kappa shape index (κ2) is 3.93. The number of hydrogen-bond donors (Lipinski definition) is 2. The van der Waals surface area contributed by atoms with Crippen LogP contribution in [0.3, 0.4) is 0 Å². The molecule has 1 heterocycles. The largest absolute Gasteiger partial charge is 0.438 e. The minimum absolute atomic E-state index is 0.00500. The van der Waals surface area contributed by atoms with Crippen LogP contribution in [0.4, 0.5) is 4.79 Å². The Morgan fingerprint density at radius 1 is 1.56 bits per heavy atom. The Balaban J connectivity index is 2.86. The summed E-state index contributed by atoms with van der Waals surface area (Å²) >= 11 is 0. The zero-order valence-corrected chi connectivity index (χ0v) is 9.82. The number of ether oxygens (including phenoxy) is 1. The third-order valence-electron chi connectivity index (χ3n) is 3.32. The maximum absolute atomic E-state index is 11.6. The molecule has 0 bridgehead atoms. The lowest BCUT2D eigenvalue weighted by atomic mass is 9.91. The molecule has 0 aromatic rings. The Labute approximate surface area is 94.3 Å². The highest BCUT2D eigenvalue weighted by molar-refractivity contribution is 5.76. The highest BCUT2D eigenvalue weighted by Gasteiger charge is 2.58. The normalized spacial score (nSPS) is 34.0. The fraction of sp³-hybridized carbons (Fsp3) is 0.800. The van der Waals surface area contributed by atoms with E-state index in [-0.39, 0.29) is 13.0 Å². The molecule has 6 heteroatoms. The number of hydrogen-bond acceptors (Lipinski definition) is 4. The summed E-state index contributed by atoms with van der Waals surface area (Å²) in [5.74, 6) is -0.520. The summed E-state index contributed by atoms with van der Waals surface area (Å²) in [7, 11) is 0. The molecule has 3 N–H and O–H groups in total. The van der Waals surface area contributed by atoms with Gasteiger partial charge in [0.15, 0.2) is 11.3 Å². The molecule has 2 atom stereocenters. The monoisotopic (exact) mass is 230 g/mol. The zero-order valence-electron chi connectivity index (χ0n) is 9.82. The van der Waals surface area contributed by atoms with Crippen LogP contribution in [-0.4, -0.2) is 39.9 Å². The van der Waals surface area contributed by atoms with E-state index in [1.807, 2.05) is 6.92 Å². The molecular formula is C10H18N2O4. The number of primary amides is 1. The summed E-state index contributed by atoms with van der Waals surface area (Å²) in [6.45, 7) is 5.05. The second-order valence-corrected chi connectivity index (χ2v) is 4.34. The maximum Gasteiger partial charge on any atom is 0.412 e. The zero-order chi connectivity index (χ0) is 12.6. The highest BCUT2D eigenvalue weighted by atomic mass is 16.6. The summed E-state index contributed by atoms with van der Waals surface area (Å²) in [6.07, 6.45) is -0.125. The van der Waals surface area contributed by atoms with E-state index in [1.54, 1.807) is 6.92 Å². The van der Waals surface area contributed by atoms with Gasteiger partial charge < -0.3 is 15.6 Å². The van der Waals surface area contributed by atoms with Crippen molar-refractivity contribution in [2.24, 2.45) is 5.73 Å². The SMILES string of the molecule is CC[C@]1(C)OC(=O)N(CCC(N)=O)[C@]1(C)O. The van der Waals surface area contributed by atoms with E-state index < -0.39 is 23.3 Å². The molecule has 0 radical (unpaired) electrons. The van der Waals surface area contributed by atoms with Gasteiger partial charge in [0.25, 0.3) is 0 Å². The number of cyclic esters (lactones) is 1. The molecule has 1 aliphatic heterocycles. The van der Waals surface area contributed by atoms with Crippen molar-refractivity contribution in [1.29, 1.82) is 0 Å². The molecule has 2 amide bonds. The maximum atomic E-state index is 11.6. The summed E-state index contributed by atoms with van der Waals surface area (Å²) in [6, 6.07) is 0. The van der Waals surface area contributed by atoms with Crippen LogP contribution in [-0.2, 0) is 9.53 Å². The third kappa shape index (κ3) is 1.84. The minimum atomic E-state index is -1.42. The van der Waals surface area contributed by atoms with Crippen molar-refractivity contribution in [3.63, 3.8) is 0 Å². The molecule has 1 rings (SSSR count). The van der Waals surface area contributed by atoms with Gasteiger partial charge in [-0.25, -0.2) is 4.79 Å². The lowest BCUT2D eigenvalue weighted by molar-refractivity contribution is -0.139. The van der Waals surface area contributed by atoms with Gasteiger partial charge >= 0.3 is 6.09 Å². The fourth-order valence-electron chi connectivity index (χ4n) is 1.75. The first-order valence-corrected chi connectivity index (χ1v) is 5.26. The van der Waals surface area contributed by atoms with Gasteiger partial charge in [-0.2, -0.15) is 0 Å². The first-order chi connectivity index (χ1) is 7.24. The van der Waals surface area contributed by atoms with Crippen molar-refractivity contribution >= 4 is 12.0 Å². The number of nitrogens with two attached hydrogens (primary N) is 1. The molecule has 0 saturated carbocycles. The van der Waals surface area contributed by atoms with Crippen molar-refractivity contribution in [2.45, 2.75) is 44.9 Å². The van der Waals surface area contributed by atoms with Crippen molar-refractivity contribution in [3.05, 3.63) is 0 Å². The Kier molecular flexibility index (Phi) is 3.14. The van der Waals surface area contributed by atoms with E-state index in [2.05, 4.69) is 0 Å². The minimum Gasteiger partial charge on any atom is -0.438 e. The van der Waals surface area contributed by atoms with Crippen LogP contribution in [0.1, 0.15) is 33.6 Å². The molecule has 0 aromatic carbocycles. The van der Waals surface area contributed by atoms with Crippen molar-refractivity contribution < 1.29 is 19.4 Å². The average Bonchev–Trinajstić information content (AvgIpc) is 2.32. The molecule has 6 nitrogen and oxygen atoms in total. The van der Waals surface area contributed by atoms with Crippen molar-refractivity contribution in [2.75, 3.05) is 6.54 Å². The van der Waals surface area contributed by atoms with E-state index in [0.29, 0.717) is 6.42 Å². The van der Waals surface area contributed by atoms with E-state index >= 15 is 0 Å². The van der Waals surface area contributed by atoms with Gasteiger partial charge in [0.2, 0.25) is 5.91 Å². The Bertz CT molecular complexity index is 316. The van der Waals surface area contributed by atoms with Crippen LogP contribution in [0.2, 0.25) is 0 Å². The van der Waals surface area contributed by atoms with Crippen LogP contribution in [0.5, 0.6) is 0 Å². The molecule has 92 valence electrons. The van der Waals surface area contributed by atoms with Gasteiger partial charge in [0.05, 0.1) is 0 Å². The van der Waals surface area contributed by atoms with Gasteiger partial charge in [-0.1, -0.05) is 6.92 Å². The lowest BCUT2D eigenvalue weighted by Gasteiger charge is -2.36. The first-order valence-electron chi connectivity index (χ1n) is 5.26. The van der Waals surface area contributed by atoms with Crippen LogP contribution in [0.25, 0.3) is 0 Å². The first kappa shape index (κ1) is 12.8. The van der Waals surface area contributed by atoms with Gasteiger partial charge in [-0.05, 0) is 20.3 Å². The van der Waals surface area contributed by atoms with Crippen LogP contribution in [0, 0.1) is 0 Å². The number of aliphatic hydroxyl groups is 1. The van der Waals surface area contributed by atoms with Crippen LogP contribution >= 0.6 is 0 Å².